The van der Waals surface area contributed by atoms with Crippen LogP contribution in [0.5, 0.6) is 11.5 Å². The van der Waals surface area contributed by atoms with Gasteiger partial charge in [0.2, 0.25) is 0 Å². The molecule has 0 spiro atoms. The molecule has 0 saturated carbocycles. The summed E-state index contributed by atoms with van der Waals surface area (Å²) in [7, 11) is 3.38. The molecule has 0 aliphatic carbocycles. The van der Waals surface area contributed by atoms with Crippen molar-refractivity contribution in [2.24, 2.45) is 11.7 Å². The van der Waals surface area contributed by atoms with Crippen LogP contribution in [0.3, 0.4) is 0 Å². The Morgan fingerprint density at radius 2 is 2.11 bits per heavy atom. The van der Waals surface area contributed by atoms with E-state index in [0.29, 0.717) is 5.92 Å². The van der Waals surface area contributed by atoms with Crippen LogP contribution in [-0.4, -0.2) is 20.0 Å². The molecular weight excluding hydrogens is 314 g/mol. The van der Waals surface area contributed by atoms with Crippen molar-refractivity contribution in [3.05, 3.63) is 21.7 Å². The molecule has 1 heterocycles. The van der Waals surface area contributed by atoms with Crippen molar-refractivity contribution in [1.29, 1.82) is 0 Å². The minimum atomic E-state index is -0.0173. The highest BCUT2D eigenvalue weighted by atomic mass is 79.9. The van der Waals surface area contributed by atoms with Gasteiger partial charge in [-0.15, -0.1) is 0 Å². The third-order valence-corrected chi connectivity index (χ3v) is 5.18. The van der Waals surface area contributed by atoms with E-state index in [4.69, 9.17) is 15.2 Å². The van der Waals surface area contributed by atoms with Gasteiger partial charge in [-0.2, -0.15) is 11.8 Å². The van der Waals surface area contributed by atoms with Gasteiger partial charge in [-0.25, -0.2) is 0 Å². The van der Waals surface area contributed by atoms with E-state index >= 15 is 0 Å². The lowest BCUT2D eigenvalue weighted by Crippen LogP contribution is -2.21. The Bertz CT molecular complexity index is 453. The zero-order valence-corrected chi connectivity index (χ0v) is 13.2. The van der Waals surface area contributed by atoms with Gasteiger partial charge in [-0.05, 0) is 33.7 Å². The molecule has 1 aromatic rings. The number of methoxy groups -OCH3 is 2. The standard InChI is InChI=1S/C13H18BrNO2S/c1-7-5-18-6-8-10(16-2)4-9(14)13(17-3)11(8)12(7)15/h4,7,12H,5-6,15H2,1-3H3. The molecule has 18 heavy (non-hydrogen) atoms. The fourth-order valence-electron chi connectivity index (χ4n) is 2.29. The number of hydrogen-bond donors (Lipinski definition) is 1. The van der Waals surface area contributed by atoms with E-state index in [1.807, 2.05) is 17.8 Å². The van der Waals surface area contributed by atoms with Gasteiger partial charge in [-0.3, -0.25) is 0 Å². The second-order valence-electron chi connectivity index (χ2n) is 4.50. The fraction of sp³-hybridized carbons (Fsp3) is 0.538. The lowest BCUT2D eigenvalue weighted by atomic mass is 9.92. The van der Waals surface area contributed by atoms with Crippen LogP contribution in [0.2, 0.25) is 0 Å². The summed E-state index contributed by atoms with van der Waals surface area (Å²) in [5.41, 5.74) is 8.64. The van der Waals surface area contributed by atoms with Crippen LogP contribution >= 0.6 is 27.7 Å². The summed E-state index contributed by atoms with van der Waals surface area (Å²) in [6, 6.07) is 1.94. The predicted molar refractivity (Wildman–Crippen MR) is 79.5 cm³/mol. The largest absolute Gasteiger partial charge is 0.496 e. The Hall–Kier alpha value is -0.390. The lowest BCUT2D eigenvalue weighted by Gasteiger charge is -2.23. The molecule has 0 amide bonds. The summed E-state index contributed by atoms with van der Waals surface area (Å²) in [6.07, 6.45) is 0. The molecule has 0 saturated heterocycles. The molecule has 2 rings (SSSR count). The van der Waals surface area contributed by atoms with Gasteiger partial charge in [0.25, 0.3) is 0 Å². The van der Waals surface area contributed by atoms with Gasteiger partial charge in [0.15, 0.2) is 0 Å². The first-order chi connectivity index (χ1) is 8.60. The van der Waals surface area contributed by atoms with E-state index in [1.165, 1.54) is 5.56 Å². The number of hydrogen-bond acceptors (Lipinski definition) is 4. The van der Waals surface area contributed by atoms with E-state index in [1.54, 1.807) is 14.2 Å². The van der Waals surface area contributed by atoms with Crippen molar-refractivity contribution in [2.45, 2.75) is 18.7 Å². The second kappa shape index (κ2) is 5.72. The number of rotatable bonds is 2. The molecule has 0 aromatic heterocycles. The van der Waals surface area contributed by atoms with Crippen molar-refractivity contribution < 1.29 is 9.47 Å². The number of halogens is 1. The maximum Gasteiger partial charge on any atom is 0.138 e. The highest BCUT2D eigenvalue weighted by Gasteiger charge is 2.29. The number of thioether (sulfide) groups is 1. The Morgan fingerprint density at radius 1 is 1.39 bits per heavy atom. The fourth-order valence-corrected chi connectivity index (χ4v) is 4.07. The molecule has 3 nitrogen and oxygen atoms in total. The van der Waals surface area contributed by atoms with Crippen molar-refractivity contribution >= 4 is 27.7 Å². The molecule has 100 valence electrons. The highest BCUT2D eigenvalue weighted by molar-refractivity contribution is 9.10. The maximum atomic E-state index is 6.39. The van der Waals surface area contributed by atoms with Crippen LogP contribution in [-0.2, 0) is 5.75 Å². The second-order valence-corrected chi connectivity index (χ2v) is 6.39. The molecule has 0 fully saturated rings. The first kappa shape index (κ1) is 14.0. The Labute approximate surface area is 121 Å². The quantitative estimate of drug-likeness (QED) is 0.902. The van der Waals surface area contributed by atoms with Crippen LogP contribution in [0.4, 0.5) is 0 Å². The van der Waals surface area contributed by atoms with E-state index in [-0.39, 0.29) is 6.04 Å². The van der Waals surface area contributed by atoms with E-state index in [0.717, 1.165) is 33.0 Å². The third kappa shape index (κ3) is 2.36. The smallest absolute Gasteiger partial charge is 0.138 e. The molecule has 1 aliphatic rings. The van der Waals surface area contributed by atoms with Gasteiger partial charge >= 0.3 is 0 Å². The number of fused-ring (bicyclic) bond motifs is 1. The predicted octanol–water partition coefficient (Wildman–Crippen LogP) is 3.35. The molecule has 0 bridgehead atoms. The van der Waals surface area contributed by atoms with Crippen molar-refractivity contribution in [3.63, 3.8) is 0 Å². The molecular formula is C13H18BrNO2S. The van der Waals surface area contributed by atoms with Crippen LogP contribution in [0.25, 0.3) is 0 Å². The highest BCUT2D eigenvalue weighted by Crippen LogP contribution is 2.45. The monoisotopic (exact) mass is 331 g/mol. The van der Waals surface area contributed by atoms with Crippen LogP contribution < -0.4 is 15.2 Å². The summed E-state index contributed by atoms with van der Waals surface area (Å²) in [5, 5.41) is 0. The van der Waals surface area contributed by atoms with Crippen molar-refractivity contribution in [2.75, 3.05) is 20.0 Å². The molecule has 0 radical (unpaired) electrons. The van der Waals surface area contributed by atoms with Crippen LogP contribution in [0.15, 0.2) is 10.5 Å². The number of ether oxygens (including phenoxy) is 2. The minimum absolute atomic E-state index is 0.0173. The summed E-state index contributed by atoms with van der Waals surface area (Å²) >= 11 is 5.43. The topological polar surface area (TPSA) is 44.5 Å². The van der Waals surface area contributed by atoms with E-state index < -0.39 is 0 Å². The molecule has 2 atom stereocenters. The average molecular weight is 332 g/mol. The third-order valence-electron chi connectivity index (χ3n) is 3.34. The van der Waals surface area contributed by atoms with Gasteiger partial charge < -0.3 is 15.2 Å². The minimum Gasteiger partial charge on any atom is -0.496 e. The average Bonchev–Trinajstić information content (AvgIpc) is 2.50. The van der Waals surface area contributed by atoms with Crippen molar-refractivity contribution in [3.8, 4) is 11.5 Å². The Kier molecular flexibility index (Phi) is 4.45. The molecule has 1 aromatic carbocycles. The van der Waals surface area contributed by atoms with Crippen LogP contribution in [0, 0.1) is 5.92 Å². The number of benzene rings is 1. The van der Waals surface area contributed by atoms with Gasteiger partial charge in [-0.1, -0.05) is 6.92 Å². The zero-order chi connectivity index (χ0) is 13.3. The Morgan fingerprint density at radius 3 is 2.72 bits per heavy atom. The SMILES string of the molecule is COc1cc(Br)c(OC)c2c1CSCC(C)C2N. The van der Waals surface area contributed by atoms with E-state index in [9.17, 15) is 0 Å². The number of nitrogens with two attached hydrogens (primary N) is 1. The normalized spacial score (nSPS) is 23.2. The summed E-state index contributed by atoms with van der Waals surface area (Å²) < 4.78 is 11.9. The van der Waals surface area contributed by atoms with Crippen molar-refractivity contribution in [1.82, 2.24) is 0 Å². The molecule has 5 heteroatoms. The van der Waals surface area contributed by atoms with Gasteiger partial charge in [0.1, 0.15) is 11.5 Å². The first-order valence-electron chi connectivity index (χ1n) is 5.86. The molecule has 2 unspecified atom stereocenters. The molecule has 2 N–H and O–H groups in total. The maximum absolute atomic E-state index is 6.39. The summed E-state index contributed by atoms with van der Waals surface area (Å²) in [4.78, 5) is 0. The first-order valence-corrected chi connectivity index (χ1v) is 7.81. The van der Waals surface area contributed by atoms with Crippen LogP contribution in [0.1, 0.15) is 24.1 Å². The van der Waals surface area contributed by atoms with E-state index in [2.05, 4.69) is 22.9 Å². The zero-order valence-electron chi connectivity index (χ0n) is 10.8. The van der Waals surface area contributed by atoms with Gasteiger partial charge in [0.05, 0.1) is 18.7 Å². The lowest BCUT2D eigenvalue weighted by molar-refractivity contribution is 0.383. The summed E-state index contributed by atoms with van der Waals surface area (Å²) in [5.74, 6) is 4.12. The molecule has 1 aliphatic heterocycles. The summed E-state index contributed by atoms with van der Waals surface area (Å²) in [6.45, 7) is 2.18. The Balaban J connectivity index is 2.67. The van der Waals surface area contributed by atoms with Gasteiger partial charge in [0, 0.05) is 22.9 Å².